The minimum atomic E-state index is -0.764. The van der Waals surface area contributed by atoms with E-state index in [1.54, 1.807) is 25.0 Å². The van der Waals surface area contributed by atoms with E-state index in [2.05, 4.69) is 39.7 Å². The van der Waals surface area contributed by atoms with Crippen LogP contribution in [0.25, 0.3) is 0 Å². The second kappa shape index (κ2) is 10.1. The molecule has 0 fully saturated rings. The van der Waals surface area contributed by atoms with Gasteiger partial charge in [-0.1, -0.05) is 29.8 Å². The molecule has 1 atom stereocenters. The van der Waals surface area contributed by atoms with Crippen LogP contribution in [0.3, 0.4) is 0 Å². The van der Waals surface area contributed by atoms with Crippen molar-refractivity contribution in [3.8, 4) is 5.75 Å². The molecule has 0 spiro atoms. The fraction of sp³-hybridized carbons (Fsp3) is 0.435. The summed E-state index contributed by atoms with van der Waals surface area (Å²) in [7, 11) is 1.55. The number of ketones is 1. The Hall–Kier alpha value is -2.23. The predicted molar refractivity (Wildman–Crippen MR) is 129 cm³/mol. The minimum Gasteiger partial charge on any atom is -0.503 e. The van der Waals surface area contributed by atoms with Gasteiger partial charge in [-0.3, -0.25) is 9.59 Å². The van der Waals surface area contributed by atoms with Crippen LogP contribution in [0.4, 0.5) is 0 Å². The lowest BCUT2D eigenvalue weighted by atomic mass is 9.94. The van der Waals surface area contributed by atoms with Gasteiger partial charge in [-0.2, -0.15) is 0 Å². The van der Waals surface area contributed by atoms with Crippen LogP contribution in [0.1, 0.15) is 45.8 Å². The van der Waals surface area contributed by atoms with E-state index in [-0.39, 0.29) is 11.4 Å². The molecule has 172 valence electrons. The van der Waals surface area contributed by atoms with E-state index in [1.165, 1.54) is 11.3 Å². The molecule has 1 amide bonds. The second-order valence-corrected chi connectivity index (χ2v) is 9.67. The van der Waals surface area contributed by atoms with Gasteiger partial charge in [0.2, 0.25) is 5.78 Å². The lowest BCUT2D eigenvalue weighted by molar-refractivity contribution is -0.129. The van der Waals surface area contributed by atoms with E-state index in [9.17, 15) is 14.7 Å². The Morgan fingerprint density at radius 2 is 2.00 bits per heavy atom. The summed E-state index contributed by atoms with van der Waals surface area (Å²) in [6.45, 7) is 10.4. The average Bonchev–Trinajstić information content (AvgIpc) is 3.24. The van der Waals surface area contributed by atoms with Gasteiger partial charge in [-0.05, 0) is 45.1 Å². The number of aliphatic hydroxyl groups excluding tert-OH is 1. The Morgan fingerprint density at radius 3 is 2.56 bits per heavy atom. The van der Waals surface area contributed by atoms with Crippen LogP contribution in [0, 0.1) is 13.8 Å². The smallest absolute Gasteiger partial charge is 0.290 e. The van der Waals surface area contributed by atoms with E-state index >= 15 is 0 Å². The van der Waals surface area contributed by atoms with E-state index in [1.807, 2.05) is 19.1 Å². The average molecular weight is 522 g/mol. The summed E-state index contributed by atoms with van der Waals surface area (Å²) in [6, 6.07) is 4.69. The van der Waals surface area contributed by atoms with Gasteiger partial charge in [-0.25, -0.2) is 4.98 Å². The number of thiazole rings is 1. The highest BCUT2D eigenvalue weighted by molar-refractivity contribution is 9.10. The monoisotopic (exact) mass is 521 g/mol. The van der Waals surface area contributed by atoms with Gasteiger partial charge in [-0.15, -0.1) is 11.3 Å². The minimum absolute atomic E-state index is 0.0673. The molecule has 0 radical (unpaired) electrons. The third-order valence-corrected chi connectivity index (χ3v) is 7.26. The maximum Gasteiger partial charge on any atom is 0.290 e. The molecule has 1 aliphatic rings. The number of hydrogen-bond acceptors (Lipinski definition) is 7. The van der Waals surface area contributed by atoms with Crippen LogP contribution in [0.15, 0.2) is 34.0 Å². The third-order valence-electron chi connectivity index (χ3n) is 5.70. The molecule has 1 aromatic heterocycles. The Bertz CT molecular complexity index is 1060. The first-order chi connectivity index (χ1) is 15.2. The molecular formula is C23H28BrN3O4S. The van der Waals surface area contributed by atoms with Gasteiger partial charge in [0.05, 0.1) is 34.3 Å². The third kappa shape index (κ3) is 4.60. The Balaban J connectivity index is 2.13. The molecule has 0 bridgehead atoms. The Labute approximate surface area is 200 Å². The number of amides is 1. The Morgan fingerprint density at radius 1 is 1.31 bits per heavy atom. The number of rotatable bonds is 9. The molecule has 9 heteroatoms. The molecule has 3 rings (SSSR count). The quantitative estimate of drug-likeness (QED) is 0.490. The molecule has 1 unspecified atom stereocenters. The number of carbonyl (C=O) groups is 2. The number of ether oxygens (including phenoxy) is 1. The highest BCUT2D eigenvalue weighted by Crippen LogP contribution is 2.43. The standard InChI is InChI=1S/C23H28BrN3O4S/c1-6-26(7-2)10-11-27-19(16-12-15(24)8-9-17(16)31-5)18(21(29)23(27)30)20(28)22-13(3)25-14(4)32-22/h8-9,12,19,29H,6-7,10-11H2,1-5H3. The van der Waals surface area contributed by atoms with Gasteiger partial charge < -0.3 is 19.6 Å². The number of halogens is 1. The van der Waals surface area contributed by atoms with Crippen molar-refractivity contribution in [1.82, 2.24) is 14.8 Å². The van der Waals surface area contributed by atoms with Crippen LogP contribution in [0.2, 0.25) is 0 Å². The van der Waals surface area contributed by atoms with Crippen molar-refractivity contribution in [2.45, 2.75) is 33.7 Å². The highest BCUT2D eigenvalue weighted by Gasteiger charge is 2.45. The lowest BCUT2D eigenvalue weighted by Crippen LogP contribution is -2.38. The van der Waals surface area contributed by atoms with Crippen molar-refractivity contribution in [3.63, 3.8) is 0 Å². The Kier molecular flexibility index (Phi) is 7.74. The fourth-order valence-electron chi connectivity index (χ4n) is 4.01. The van der Waals surface area contributed by atoms with E-state index in [0.717, 1.165) is 22.6 Å². The summed E-state index contributed by atoms with van der Waals surface area (Å²) in [6.07, 6.45) is 0. The van der Waals surface area contributed by atoms with Gasteiger partial charge in [0.1, 0.15) is 5.75 Å². The zero-order valence-electron chi connectivity index (χ0n) is 18.9. The second-order valence-electron chi connectivity index (χ2n) is 7.55. The van der Waals surface area contributed by atoms with Crippen molar-refractivity contribution in [2.24, 2.45) is 0 Å². The van der Waals surface area contributed by atoms with Crippen molar-refractivity contribution in [3.05, 3.63) is 55.1 Å². The van der Waals surface area contributed by atoms with Gasteiger partial charge >= 0.3 is 0 Å². The number of methoxy groups -OCH3 is 1. The van der Waals surface area contributed by atoms with Crippen molar-refractivity contribution < 1.29 is 19.4 Å². The highest BCUT2D eigenvalue weighted by atomic mass is 79.9. The van der Waals surface area contributed by atoms with Crippen LogP contribution in [-0.4, -0.2) is 64.9 Å². The summed E-state index contributed by atoms with van der Waals surface area (Å²) in [4.78, 5) is 35.3. The number of aryl methyl sites for hydroxylation is 2. The molecule has 7 nitrogen and oxygen atoms in total. The summed E-state index contributed by atoms with van der Waals surface area (Å²) >= 11 is 4.75. The number of aromatic nitrogens is 1. The first-order valence-electron chi connectivity index (χ1n) is 10.5. The first kappa shape index (κ1) is 24.4. The number of nitrogens with zero attached hydrogens (tertiary/aromatic N) is 3. The summed E-state index contributed by atoms with van der Waals surface area (Å²) in [5.74, 6) is -0.897. The zero-order valence-corrected chi connectivity index (χ0v) is 21.3. The summed E-state index contributed by atoms with van der Waals surface area (Å²) in [5.41, 5.74) is 1.30. The summed E-state index contributed by atoms with van der Waals surface area (Å²) in [5, 5.41) is 11.6. The molecule has 1 aliphatic heterocycles. The number of aliphatic hydroxyl groups is 1. The van der Waals surface area contributed by atoms with Crippen LogP contribution in [0.5, 0.6) is 5.75 Å². The van der Waals surface area contributed by atoms with Crippen molar-refractivity contribution in [2.75, 3.05) is 33.3 Å². The molecule has 2 heterocycles. The molecule has 1 N–H and O–H groups in total. The first-order valence-corrected chi connectivity index (χ1v) is 12.1. The molecular weight excluding hydrogens is 494 g/mol. The van der Waals surface area contributed by atoms with E-state index in [0.29, 0.717) is 35.0 Å². The number of carbonyl (C=O) groups excluding carboxylic acids is 2. The number of Topliss-reactive ketones (excluding diaryl/α,β-unsaturated/α-hetero) is 1. The van der Waals surface area contributed by atoms with Gasteiger partial charge in [0, 0.05) is 23.1 Å². The maximum atomic E-state index is 13.6. The fourth-order valence-corrected chi connectivity index (χ4v) is 5.26. The molecule has 2 aromatic rings. The largest absolute Gasteiger partial charge is 0.503 e. The van der Waals surface area contributed by atoms with Gasteiger partial charge in [0.15, 0.2) is 5.76 Å². The van der Waals surface area contributed by atoms with Gasteiger partial charge in [0.25, 0.3) is 5.91 Å². The summed E-state index contributed by atoms with van der Waals surface area (Å²) < 4.78 is 6.35. The number of hydrogen-bond donors (Lipinski definition) is 1. The number of likely N-dealkylation sites (N-methyl/N-ethyl adjacent to an activating group) is 1. The van der Waals surface area contributed by atoms with Crippen LogP contribution >= 0.6 is 27.3 Å². The zero-order chi connectivity index (χ0) is 23.6. The maximum absolute atomic E-state index is 13.6. The molecule has 0 saturated heterocycles. The van der Waals surface area contributed by atoms with Crippen LogP contribution < -0.4 is 4.74 Å². The molecule has 32 heavy (non-hydrogen) atoms. The van der Waals surface area contributed by atoms with E-state index in [4.69, 9.17) is 4.74 Å². The topological polar surface area (TPSA) is 83.0 Å². The van der Waals surface area contributed by atoms with Crippen molar-refractivity contribution >= 4 is 39.0 Å². The molecule has 1 aromatic carbocycles. The number of benzene rings is 1. The van der Waals surface area contributed by atoms with Crippen molar-refractivity contribution in [1.29, 1.82) is 0 Å². The van der Waals surface area contributed by atoms with E-state index < -0.39 is 17.7 Å². The lowest BCUT2D eigenvalue weighted by Gasteiger charge is -2.30. The molecule has 0 saturated carbocycles. The normalized spacial score (nSPS) is 16.4. The predicted octanol–water partition coefficient (Wildman–Crippen LogP) is 4.45. The molecule has 0 aliphatic carbocycles. The van der Waals surface area contributed by atoms with Crippen LogP contribution in [-0.2, 0) is 4.79 Å². The SMILES string of the molecule is CCN(CC)CCN1C(=O)C(O)=C(C(=O)c2sc(C)nc2C)C1c1cc(Br)ccc1OC.